The van der Waals surface area contributed by atoms with Crippen molar-refractivity contribution < 1.29 is 0 Å². The Balaban J connectivity index is 2.69. The summed E-state index contributed by atoms with van der Waals surface area (Å²) in [4.78, 5) is 0. The monoisotopic (exact) mass is 225 g/mol. The zero-order valence-electron chi connectivity index (χ0n) is 10.0. The number of hydrogen-bond acceptors (Lipinski definition) is 1. The molecule has 0 radical (unpaired) electrons. The quantitative estimate of drug-likeness (QED) is 0.775. The van der Waals surface area contributed by atoms with Crippen LogP contribution in [0.15, 0.2) is 18.2 Å². The summed E-state index contributed by atoms with van der Waals surface area (Å²) in [6.45, 7) is 9.38. The van der Waals surface area contributed by atoms with Gasteiger partial charge in [-0.2, -0.15) is 0 Å². The summed E-state index contributed by atoms with van der Waals surface area (Å²) < 4.78 is 0. The van der Waals surface area contributed by atoms with Gasteiger partial charge in [0.15, 0.2) is 0 Å². The summed E-state index contributed by atoms with van der Waals surface area (Å²) in [5.74, 6) is 0.623. The van der Waals surface area contributed by atoms with E-state index in [2.05, 4.69) is 51.2 Å². The normalized spacial score (nSPS) is 11.8. The molecule has 2 heteroatoms. The van der Waals surface area contributed by atoms with Crippen LogP contribution in [-0.4, -0.2) is 11.4 Å². The van der Waals surface area contributed by atoms with Crippen molar-refractivity contribution in [3.63, 3.8) is 0 Å². The Labute approximate surface area is 97.8 Å². The van der Waals surface area contributed by atoms with Crippen molar-refractivity contribution in [1.29, 1.82) is 0 Å². The number of nitrogens with one attached hydrogen (secondary N) is 1. The molecule has 0 fully saturated rings. The number of alkyl halides is 1. The van der Waals surface area contributed by atoms with E-state index in [0.29, 0.717) is 5.88 Å². The average Bonchev–Trinajstić information content (AvgIpc) is 2.20. The SMILES string of the molecule is Cc1ccc(C)c(CNC(C)(C)CCl)c1. The van der Waals surface area contributed by atoms with Gasteiger partial charge < -0.3 is 5.32 Å². The van der Waals surface area contributed by atoms with Crippen LogP contribution in [0.3, 0.4) is 0 Å². The van der Waals surface area contributed by atoms with Crippen molar-refractivity contribution >= 4 is 11.6 Å². The molecule has 1 rings (SSSR count). The number of halogens is 1. The van der Waals surface area contributed by atoms with Gasteiger partial charge in [0.2, 0.25) is 0 Å². The maximum absolute atomic E-state index is 5.87. The third-order valence-corrected chi connectivity index (χ3v) is 3.26. The first-order valence-electron chi connectivity index (χ1n) is 5.32. The molecule has 0 atom stereocenters. The minimum absolute atomic E-state index is 0.00224. The van der Waals surface area contributed by atoms with Crippen LogP contribution in [0.4, 0.5) is 0 Å². The zero-order valence-corrected chi connectivity index (χ0v) is 10.8. The van der Waals surface area contributed by atoms with Gasteiger partial charge in [0.05, 0.1) is 0 Å². The summed E-state index contributed by atoms with van der Waals surface area (Å²) in [5.41, 5.74) is 3.99. The molecule has 0 amide bonds. The molecule has 0 bridgehead atoms. The van der Waals surface area contributed by atoms with Crippen molar-refractivity contribution in [2.24, 2.45) is 0 Å². The molecule has 0 saturated carbocycles. The van der Waals surface area contributed by atoms with Crippen LogP contribution in [0.2, 0.25) is 0 Å². The van der Waals surface area contributed by atoms with E-state index in [1.165, 1.54) is 16.7 Å². The lowest BCUT2D eigenvalue weighted by molar-refractivity contribution is 0.429. The van der Waals surface area contributed by atoms with Gasteiger partial charge in [-0.3, -0.25) is 0 Å². The first-order valence-corrected chi connectivity index (χ1v) is 5.85. The van der Waals surface area contributed by atoms with Crippen LogP contribution in [0.5, 0.6) is 0 Å². The first-order chi connectivity index (χ1) is 6.94. The van der Waals surface area contributed by atoms with Crippen LogP contribution in [0, 0.1) is 13.8 Å². The topological polar surface area (TPSA) is 12.0 Å². The van der Waals surface area contributed by atoms with Gasteiger partial charge in [-0.25, -0.2) is 0 Å². The van der Waals surface area contributed by atoms with Gasteiger partial charge >= 0.3 is 0 Å². The van der Waals surface area contributed by atoms with E-state index in [9.17, 15) is 0 Å². The lowest BCUT2D eigenvalue weighted by atomic mass is 10.0. The van der Waals surface area contributed by atoms with Crippen molar-refractivity contribution in [3.05, 3.63) is 34.9 Å². The Bertz CT molecular complexity index is 331. The van der Waals surface area contributed by atoms with E-state index < -0.39 is 0 Å². The molecule has 84 valence electrons. The number of rotatable bonds is 4. The molecule has 0 aromatic heterocycles. The second kappa shape index (κ2) is 5.00. The molecule has 15 heavy (non-hydrogen) atoms. The second-order valence-electron chi connectivity index (χ2n) is 4.80. The highest BCUT2D eigenvalue weighted by Crippen LogP contribution is 2.12. The van der Waals surface area contributed by atoms with Gasteiger partial charge in [0, 0.05) is 18.0 Å². The second-order valence-corrected chi connectivity index (χ2v) is 5.07. The summed E-state index contributed by atoms with van der Waals surface area (Å²) in [6, 6.07) is 6.54. The van der Waals surface area contributed by atoms with Crippen LogP contribution < -0.4 is 5.32 Å². The third-order valence-electron chi connectivity index (χ3n) is 2.60. The molecule has 0 aliphatic heterocycles. The first kappa shape index (κ1) is 12.5. The Morgan fingerprint density at radius 1 is 1.27 bits per heavy atom. The summed E-state index contributed by atoms with van der Waals surface area (Å²) >= 11 is 5.87. The minimum Gasteiger partial charge on any atom is -0.307 e. The Morgan fingerprint density at radius 3 is 2.53 bits per heavy atom. The lowest BCUT2D eigenvalue weighted by Crippen LogP contribution is -2.40. The molecule has 0 saturated heterocycles. The van der Waals surface area contributed by atoms with Crippen molar-refractivity contribution in [3.8, 4) is 0 Å². The summed E-state index contributed by atoms with van der Waals surface area (Å²) in [5, 5.41) is 3.46. The Hall–Kier alpha value is -0.530. The van der Waals surface area contributed by atoms with Gasteiger partial charge in [0.1, 0.15) is 0 Å². The van der Waals surface area contributed by atoms with Crippen LogP contribution in [0.25, 0.3) is 0 Å². The molecule has 0 heterocycles. The highest BCUT2D eigenvalue weighted by Gasteiger charge is 2.15. The van der Waals surface area contributed by atoms with Gasteiger partial charge in [-0.05, 0) is 38.8 Å². The Kier molecular flexibility index (Phi) is 4.18. The molecule has 0 aliphatic rings. The summed E-state index contributed by atoms with van der Waals surface area (Å²) in [6.07, 6.45) is 0. The summed E-state index contributed by atoms with van der Waals surface area (Å²) in [7, 11) is 0. The van der Waals surface area contributed by atoms with Crippen molar-refractivity contribution in [1.82, 2.24) is 5.32 Å². The molecule has 1 aromatic rings. The van der Waals surface area contributed by atoms with E-state index in [4.69, 9.17) is 11.6 Å². The van der Waals surface area contributed by atoms with Crippen LogP contribution in [-0.2, 0) is 6.54 Å². The standard InChI is InChI=1S/C13H20ClN/c1-10-5-6-11(2)12(7-10)8-15-13(3,4)9-14/h5-7,15H,8-9H2,1-4H3. The maximum Gasteiger partial charge on any atom is 0.0400 e. The molecule has 1 N–H and O–H groups in total. The highest BCUT2D eigenvalue weighted by atomic mass is 35.5. The van der Waals surface area contributed by atoms with Crippen molar-refractivity contribution in [2.45, 2.75) is 39.8 Å². The molecule has 1 nitrogen and oxygen atoms in total. The number of hydrogen-bond donors (Lipinski definition) is 1. The van der Waals surface area contributed by atoms with E-state index in [1.807, 2.05) is 0 Å². The minimum atomic E-state index is -0.00224. The van der Waals surface area contributed by atoms with E-state index in [0.717, 1.165) is 6.54 Å². The average molecular weight is 226 g/mol. The van der Waals surface area contributed by atoms with Gasteiger partial charge in [0.25, 0.3) is 0 Å². The van der Waals surface area contributed by atoms with E-state index in [-0.39, 0.29) is 5.54 Å². The van der Waals surface area contributed by atoms with E-state index >= 15 is 0 Å². The molecular formula is C13H20ClN. The Morgan fingerprint density at radius 2 is 1.93 bits per heavy atom. The van der Waals surface area contributed by atoms with Crippen molar-refractivity contribution in [2.75, 3.05) is 5.88 Å². The smallest absolute Gasteiger partial charge is 0.0400 e. The third kappa shape index (κ3) is 3.84. The highest BCUT2D eigenvalue weighted by molar-refractivity contribution is 6.18. The van der Waals surface area contributed by atoms with Gasteiger partial charge in [-0.1, -0.05) is 23.8 Å². The zero-order chi connectivity index (χ0) is 11.5. The van der Waals surface area contributed by atoms with Crippen LogP contribution in [0.1, 0.15) is 30.5 Å². The number of benzene rings is 1. The van der Waals surface area contributed by atoms with Crippen LogP contribution >= 0.6 is 11.6 Å². The molecule has 1 aromatic carbocycles. The maximum atomic E-state index is 5.87. The predicted octanol–water partition coefficient (Wildman–Crippen LogP) is 3.41. The lowest BCUT2D eigenvalue weighted by Gasteiger charge is -2.24. The van der Waals surface area contributed by atoms with Gasteiger partial charge in [-0.15, -0.1) is 11.6 Å². The van der Waals surface area contributed by atoms with E-state index in [1.54, 1.807) is 0 Å². The fourth-order valence-electron chi connectivity index (χ4n) is 1.37. The molecule has 0 unspecified atom stereocenters. The fraction of sp³-hybridized carbons (Fsp3) is 0.538. The molecule has 0 aliphatic carbocycles. The predicted molar refractivity (Wildman–Crippen MR) is 67.6 cm³/mol. The largest absolute Gasteiger partial charge is 0.307 e. The molecule has 0 spiro atoms. The fourth-order valence-corrected chi connectivity index (χ4v) is 1.47. The molecular weight excluding hydrogens is 206 g/mol. The number of aryl methyl sites for hydroxylation is 2.